The number of hydrogen-bond acceptors (Lipinski definition) is 5. The van der Waals surface area contributed by atoms with Gasteiger partial charge < -0.3 is 15.0 Å². The van der Waals surface area contributed by atoms with E-state index in [4.69, 9.17) is 16.3 Å². The number of carbonyl (C=O) groups excluding carboxylic acids is 2. The summed E-state index contributed by atoms with van der Waals surface area (Å²) in [5, 5.41) is 3.22. The van der Waals surface area contributed by atoms with E-state index in [1.807, 2.05) is 30.3 Å². The summed E-state index contributed by atoms with van der Waals surface area (Å²) in [6.07, 6.45) is 1.38. The molecule has 0 heterocycles. The van der Waals surface area contributed by atoms with E-state index in [0.29, 0.717) is 41.6 Å². The summed E-state index contributed by atoms with van der Waals surface area (Å²) < 4.78 is 32.4. The monoisotopic (exact) mass is 571 g/mol. The van der Waals surface area contributed by atoms with Crippen molar-refractivity contribution in [2.24, 2.45) is 0 Å². The highest BCUT2D eigenvalue weighted by Crippen LogP contribution is 2.24. The maximum atomic E-state index is 13.7. The average Bonchev–Trinajstić information content (AvgIpc) is 2.92. The van der Waals surface area contributed by atoms with Crippen LogP contribution < -0.4 is 14.4 Å². The van der Waals surface area contributed by atoms with Crippen molar-refractivity contribution in [1.82, 2.24) is 10.2 Å². The van der Waals surface area contributed by atoms with Crippen molar-refractivity contribution in [3.63, 3.8) is 0 Å². The molecule has 2 amide bonds. The number of amides is 2. The van der Waals surface area contributed by atoms with E-state index >= 15 is 0 Å². The number of rotatable bonds is 13. The first-order chi connectivity index (χ1) is 18.6. The molecule has 0 saturated heterocycles. The van der Waals surface area contributed by atoms with Gasteiger partial charge >= 0.3 is 0 Å². The van der Waals surface area contributed by atoms with Crippen LogP contribution in [0.1, 0.15) is 31.4 Å². The van der Waals surface area contributed by atoms with Gasteiger partial charge in [0.2, 0.25) is 21.8 Å². The minimum absolute atomic E-state index is 0.0536. The molecule has 39 heavy (non-hydrogen) atoms. The molecule has 8 nitrogen and oxygen atoms in total. The van der Waals surface area contributed by atoms with E-state index in [-0.39, 0.29) is 12.5 Å². The molecule has 3 aromatic carbocycles. The zero-order chi connectivity index (χ0) is 28.4. The number of ether oxygens (including phenoxy) is 1. The molecule has 0 radical (unpaired) electrons. The molecule has 0 aliphatic heterocycles. The summed E-state index contributed by atoms with van der Waals surface area (Å²) in [4.78, 5) is 28.0. The molecule has 1 atom stereocenters. The Labute approximate surface area is 235 Å². The van der Waals surface area contributed by atoms with E-state index in [1.165, 1.54) is 4.90 Å². The third-order valence-corrected chi connectivity index (χ3v) is 7.60. The number of halogens is 1. The second-order valence-corrected chi connectivity index (χ2v) is 11.3. The number of likely N-dealkylation sites (N-methyl/N-ethyl adjacent to an activating group) is 1. The molecule has 3 rings (SSSR count). The van der Waals surface area contributed by atoms with Crippen LogP contribution >= 0.6 is 11.6 Å². The molecule has 0 aromatic heterocycles. The van der Waals surface area contributed by atoms with Gasteiger partial charge in [0.05, 0.1) is 11.9 Å². The predicted octanol–water partition coefficient (Wildman–Crippen LogP) is 4.63. The summed E-state index contributed by atoms with van der Waals surface area (Å²) in [5.74, 6) is -0.279. The van der Waals surface area contributed by atoms with Gasteiger partial charge in [0.25, 0.3) is 0 Å². The summed E-state index contributed by atoms with van der Waals surface area (Å²) >= 11 is 6.36. The van der Waals surface area contributed by atoms with Crippen LogP contribution in [0.25, 0.3) is 0 Å². The molecule has 0 fully saturated rings. The standard InChI is InChI=1S/C29H34ClN3O5S/c1-4-27(29(35)31-5-2)32(19-23-13-9-10-14-26(23)30)28(34)20-33(39(3,36)37)24-15-17-25(18-16-24)38-21-22-11-7-6-8-12-22/h6-18,27H,4-5,19-21H2,1-3H3,(H,31,35). The second-order valence-electron chi connectivity index (χ2n) is 8.97. The molecular weight excluding hydrogens is 538 g/mol. The Morgan fingerprint density at radius 3 is 2.18 bits per heavy atom. The number of carbonyl (C=O) groups is 2. The minimum atomic E-state index is -3.84. The van der Waals surface area contributed by atoms with Gasteiger partial charge in [0.1, 0.15) is 24.9 Å². The van der Waals surface area contributed by atoms with Gasteiger partial charge in [-0.15, -0.1) is 0 Å². The first-order valence-corrected chi connectivity index (χ1v) is 14.9. The molecule has 1 N–H and O–H groups in total. The van der Waals surface area contributed by atoms with Gasteiger partial charge in [-0.25, -0.2) is 8.42 Å². The number of nitrogens with zero attached hydrogens (tertiary/aromatic N) is 2. The van der Waals surface area contributed by atoms with Crippen molar-refractivity contribution < 1.29 is 22.7 Å². The molecule has 10 heteroatoms. The number of nitrogens with one attached hydrogen (secondary N) is 1. The van der Waals surface area contributed by atoms with Crippen LogP contribution in [0.4, 0.5) is 5.69 Å². The Kier molecular flexibility index (Phi) is 10.8. The lowest BCUT2D eigenvalue weighted by atomic mass is 10.1. The van der Waals surface area contributed by atoms with Crippen molar-refractivity contribution in [2.45, 2.75) is 39.5 Å². The van der Waals surface area contributed by atoms with E-state index in [1.54, 1.807) is 62.4 Å². The van der Waals surface area contributed by atoms with E-state index < -0.39 is 28.5 Å². The highest BCUT2D eigenvalue weighted by molar-refractivity contribution is 7.92. The van der Waals surface area contributed by atoms with Crippen LogP contribution in [0.2, 0.25) is 5.02 Å². The highest BCUT2D eigenvalue weighted by Gasteiger charge is 2.31. The molecule has 0 bridgehead atoms. The van der Waals surface area contributed by atoms with Gasteiger partial charge in [0.15, 0.2) is 0 Å². The lowest BCUT2D eigenvalue weighted by Crippen LogP contribution is -2.52. The lowest BCUT2D eigenvalue weighted by Gasteiger charge is -2.33. The summed E-state index contributed by atoms with van der Waals surface area (Å²) in [5.41, 5.74) is 1.96. The maximum absolute atomic E-state index is 13.7. The highest BCUT2D eigenvalue weighted by atomic mass is 35.5. The third-order valence-electron chi connectivity index (χ3n) is 6.09. The van der Waals surface area contributed by atoms with Gasteiger partial charge in [-0.3, -0.25) is 13.9 Å². The molecule has 0 aliphatic carbocycles. The normalized spacial score (nSPS) is 11.9. The zero-order valence-corrected chi connectivity index (χ0v) is 23.9. The van der Waals surface area contributed by atoms with Crippen molar-refractivity contribution in [3.05, 3.63) is 95.0 Å². The molecule has 0 aliphatic rings. The predicted molar refractivity (Wildman–Crippen MR) is 154 cm³/mol. The minimum Gasteiger partial charge on any atom is -0.489 e. The van der Waals surface area contributed by atoms with Crippen LogP contribution in [0.3, 0.4) is 0 Å². The fourth-order valence-corrected chi connectivity index (χ4v) is 5.13. The number of sulfonamides is 1. The van der Waals surface area contributed by atoms with E-state index in [0.717, 1.165) is 16.1 Å². The second kappa shape index (κ2) is 14.0. The summed E-state index contributed by atoms with van der Waals surface area (Å²) in [6, 6.07) is 22.4. The zero-order valence-electron chi connectivity index (χ0n) is 22.3. The molecular formula is C29H34ClN3O5S. The Balaban J connectivity index is 1.85. The van der Waals surface area contributed by atoms with Crippen molar-refractivity contribution in [3.8, 4) is 5.75 Å². The number of anilines is 1. The van der Waals surface area contributed by atoms with Crippen molar-refractivity contribution in [2.75, 3.05) is 23.7 Å². The first kappa shape index (κ1) is 30.0. The van der Waals surface area contributed by atoms with E-state index in [9.17, 15) is 18.0 Å². The van der Waals surface area contributed by atoms with Crippen LogP contribution in [-0.4, -0.2) is 50.5 Å². The Morgan fingerprint density at radius 1 is 0.949 bits per heavy atom. The van der Waals surface area contributed by atoms with Crippen LogP contribution in [-0.2, 0) is 32.8 Å². The van der Waals surface area contributed by atoms with E-state index in [2.05, 4.69) is 5.32 Å². The van der Waals surface area contributed by atoms with Crippen LogP contribution in [0.15, 0.2) is 78.9 Å². The summed E-state index contributed by atoms with van der Waals surface area (Å²) in [6.45, 7) is 3.93. The number of benzene rings is 3. The Hall–Kier alpha value is -3.56. The molecule has 1 unspecified atom stereocenters. The van der Waals surface area contributed by atoms with Gasteiger partial charge in [0, 0.05) is 18.1 Å². The fraction of sp³-hybridized carbons (Fsp3) is 0.310. The molecule has 0 saturated carbocycles. The lowest BCUT2D eigenvalue weighted by molar-refractivity contribution is -0.140. The van der Waals surface area contributed by atoms with Gasteiger partial charge in [-0.2, -0.15) is 0 Å². The van der Waals surface area contributed by atoms with Gasteiger partial charge in [-0.1, -0.05) is 67.1 Å². The Morgan fingerprint density at radius 2 is 1.59 bits per heavy atom. The maximum Gasteiger partial charge on any atom is 0.244 e. The SMILES string of the molecule is CCNC(=O)C(CC)N(Cc1ccccc1Cl)C(=O)CN(c1ccc(OCc2ccccc2)cc1)S(C)(=O)=O. The average molecular weight is 572 g/mol. The topological polar surface area (TPSA) is 96.0 Å². The van der Waals surface area contributed by atoms with Crippen molar-refractivity contribution >= 4 is 39.1 Å². The number of hydrogen-bond donors (Lipinski definition) is 1. The Bertz CT molecular complexity index is 1350. The van der Waals surface area contributed by atoms with Crippen molar-refractivity contribution in [1.29, 1.82) is 0 Å². The fourth-order valence-electron chi connectivity index (χ4n) is 4.08. The largest absolute Gasteiger partial charge is 0.489 e. The smallest absolute Gasteiger partial charge is 0.244 e. The first-order valence-electron chi connectivity index (χ1n) is 12.7. The molecule has 0 spiro atoms. The van der Waals surface area contributed by atoms with Gasteiger partial charge in [-0.05, 0) is 54.8 Å². The molecule has 3 aromatic rings. The third kappa shape index (κ3) is 8.46. The van der Waals surface area contributed by atoms with Crippen LogP contribution in [0.5, 0.6) is 5.75 Å². The molecule has 208 valence electrons. The summed E-state index contributed by atoms with van der Waals surface area (Å²) in [7, 11) is -3.84. The van der Waals surface area contributed by atoms with Crippen LogP contribution in [0, 0.1) is 0 Å². The quantitative estimate of drug-likeness (QED) is 0.323.